The molecule has 1 aliphatic rings. The summed E-state index contributed by atoms with van der Waals surface area (Å²) >= 11 is 9.21. The molecule has 2 aromatic carbocycles. The summed E-state index contributed by atoms with van der Waals surface area (Å²) < 4.78 is 1.96. The molecule has 3 aromatic rings. The molecule has 8 heteroatoms. The second-order valence-electron chi connectivity index (χ2n) is 7.29. The third-order valence-electron chi connectivity index (χ3n) is 5.04. The molecule has 2 N–H and O–H groups in total. The highest BCUT2D eigenvalue weighted by Crippen LogP contribution is 2.29. The topological polar surface area (TPSA) is 71.1 Å². The maximum absolute atomic E-state index is 12.6. The van der Waals surface area contributed by atoms with Gasteiger partial charge in [-0.2, -0.15) is 0 Å². The van der Waals surface area contributed by atoms with E-state index in [2.05, 4.69) is 15.6 Å². The second kappa shape index (κ2) is 9.81. The Morgan fingerprint density at radius 3 is 2.73 bits per heavy atom. The Kier molecular flexibility index (Phi) is 6.92. The number of thioether (sulfide) groups is 1. The van der Waals surface area contributed by atoms with E-state index < -0.39 is 0 Å². The molecule has 2 amide bonds. The molecule has 1 aliphatic carbocycles. The number of hydrogen-bond donors (Lipinski definition) is 2. The minimum atomic E-state index is -0.188. The first-order valence-electron chi connectivity index (χ1n) is 9.97. The van der Waals surface area contributed by atoms with Crippen LogP contribution in [0.3, 0.4) is 0 Å². The Labute approximate surface area is 188 Å². The average Bonchev–Trinajstić information content (AvgIpc) is 3.17. The lowest BCUT2D eigenvalue weighted by atomic mass is 9.95. The van der Waals surface area contributed by atoms with E-state index in [4.69, 9.17) is 11.6 Å². The van der Waals surface area contributed by atoms with E-state index >= 15 is 0 Å². The number of carbonyl (C=O) groups excluding carboxylic acids is 2. The Morgan fingerprint density at radius 2 is 1.93 bits per heavy atom. The first kappa shape index (κ1) is 21.2. The number of para-hydroxylation sites is 1. The van der Waals surface area contributed by atoms with Crippen LogP contribution in [0.2, 0.25) is 5.02 Å². The molecule has 0 atom stereocenters. The van der Waals surface area contributed by atoms with Crippen LogP contribution in [0.25, 0.3) is 10.2 Å². The zero-order valence-electron chi connectivity index (χ0n) is 16.3. The SMILES string of the molecule is O=C(CSc1nc2ccccc2s1)Nc1ccc(Cl)c(C(=O)NC2CCCCC2)c1. The van der Waals surface area contributed by atoms with Crippen LogP contribution in [0.4, 0.5) is 5.69 Å². The number of anilines is 1. The number of nitrogens with one attached hydrogen (secondary N) is 2. The summed E-state index contributed by atoms with van der Waals surface area (Å²) in [5.41, 5.74) is 1.89. The maximum Gasteiger partial charge on any atom is 0.253 e. The molecule has 156 valence electrons. The number of thiazole rings is 1. The highest BCUT2D eigenvalue weighted by Gasteiger charge is 2.19. The van der Waals surface area contributed by atoms with Gasteiger partial charge in [-0.3, -0.25) is 9.59 Å². The van der Waals surface area contributed by atoms with Gasteiger partial charge in [0.25, 0.3) is 5.91 Å². The molecule has 0 radical (unpaired) electrons. The second-order valence-corrected chi connectivity index (χ2v) is 9.95. The normalized spacial score (nSPS) is 14.6. The first-order valence-corrected chi connectivity index (χ1v) is 12.1. The van der Waals surface area contributed by atoms with Gasteiger partial charge in [0.05, 0.1) is 26.6 Å². The fourth-order valence-electron chi connectivity index (χ4n) is 3.52. The molecule has 4 rings (SSSR count). The summed E-state index contributed by atoms with van der Waals surface area (Å²) in [4.78, 5) is 29.6. The van der Waals surface area contributed by atoms with E-state index in [0.29, 0.717) is 16.3 Å². The number of fused-ring (bicyclic) bond motifs is 1. The third kappa shape index (κ3) is 5.33. The fraction of sp³-hybridized carbons (Fsp3) is 0.318. The molecule has 0 spiro atoms. The molecule has 30 heavy (non-hydrogen) atoms. The van der Waals surface area contributed by atoms with E-state index in [-0.39, 0.29) is 23.6 Å². The number of carbonyl (C=O) groups is 2. The number of nitrogens with zero attached hydrogens (tertiary/aromatic N) is 1. The Morgan fingerprint density at radius 1 is 1.13 bits per heavy atom. The Bertz CT molecular complexity index is 1030. The standard InChI is InChI=1S/C22H22ClN3O2S2/c23-17-11-10-15(12-16(17)21(28)25-14-6-2-1-3-7-14)24-20(27)13-29-22-26-18-8-4-5-9-19(18)30-22/h4-5,8-12,14H,1-3,6-7,13H2,(H,24,27)(H,25,28). The van der Waals surface area contributed by atoms with Crippen LogP contribution in [0, 0.1) is 0 Å². The largest absolute Gasteiger partial charge is 0.349 e. The summed E-state index contributed by atoms with van der Waals surface area (Å²) in [5.74, 6) is -0.0986. The molecule has 1 aromatic heterocycles. The van der Waals surface area contributed by atoms with E-state index in [1.54, 1.807) is 29.5 Å². The fourth-order valence-corrected chi connectivity index (χ4v) is 5.60. The number of benzene rings is 2. The van der Waals surface area contributed by atoms with Crippen molar-refractivity contribution in [2.45, 2.75) is 42.5 Å². The van der Waals surface area contributed by atoms with Crippen molar-refractivity contribution in [1.29, 1.82) is 0 Å². The van der Waals surface area contributed by atoms with Gasteiger partial charge >= 0.3 is 0 Å². The van der Waals surface area contributed by atoms with Gasteiger partial charge in [0.2, 0.25) is 5.91 Å². The molecule has 5 nitrogen and oxygen atoms in total. The zero-order chi connectivity index (χ0) is 20.9. The summed E-state index contributed by atoms with van der Waals surface area (Å²) in [5, 5.41) is 6.30. The van der Waals surface area contributed by atoms with Gasteiger partial charge in [-0.25, -0.2) is 4.98 Å². The highest BCUT2D eigenvalue weighted by molar-refractivity contribution is 8.01. The van der Waals surface area contributed by atoms with Gasteiger partial charge in [0.1, 0.15) is 0 Å². The summed E-state index contributed by atoms with van der Waals surface area (Å²) in [6.45, 7) is 0. The third-order valence-corrected chi connectivity index (χ3v) is 7.55. The number of aromatic nitrogens is 1. The van der Waals surface area contributed by atoms with Crippen LogP contribution < -0.4 is 10.6 Å². The van der Waals surface area contributed by atoms with Crippen molar-refractivity contribution in [2.24, 2.45) is 0 Å². The molecule has 0 unspecified atom stereocenters. The van der Waals surface area contributed by atoms with Crippen molar-refractivity contribution in [3.05, 3.63) is 53.1 Å². The maximum atomic E-state index is 12.6. The van der Waals surface area contributed by atoms with E-state index in [0.717, 1.165) is 40.2 Å². The molecule has 1 fully saturated rings. The van der Waals surface area contributed by atoms with Crippen molar-refractivity contribution in [3.63, 3.8) is 0 Å². The smallest absolute Gasteiger partial charge is 0.253 e. The molecule has 0 bridgehead atoms. The molecule has 0 aliphatic heterocycles. The van der Waals surface area contributed by atoms with Gasteiger partial charge < -0.3 is 10.6 Å². The van der Waals surface area contributed by atoms with Crippen LogP contribution in [-0.2, 0) is 4.79 Å². The minimum Gasteiger partial charge on any atom is -0.349 e. The van der Waals surface area contributed by atoms with Gasteiger partial charge in [-0.05, 0) is 43.2 Å². The van der Waals surface area contributed by atoms with Crippen molar-refractivity contribution in [3.8, 4) is 0 Å². The Balaban J connectivity index is 1.35. The van der Waals surface area contributed by atoms with Crippen LogP contribution in [-0.4, -0.2) is 28.6 Å². The number of rotatable bonds is 6. The average molecular weight is 460 g/mol. The van der Waals surface area contributed by atoms with Crippen molar-refractivity contribution in [2.75, 3.05) is 11.1 Å². The zero-order valence-corrected chi connectivity index (χ0v) is 18.7. The Hall–Kier alpha value is -2.09. The predicted octanol–water partition coefficient (Wildman–Crippen LogP) is 5.74. The molecular formula is C22H22ClN3O2S2. The summed E-state index contributed by atoms with van der Waals surface area (Å²) in [6, 6.07) is 13.1. The first-order chi connectivity index (χ1) is 14.6. The van der Waals surface area contributed by atoms with E-state index in [1.807, 2.05) is 24.3 Å². The lowest BCUT2D eigenvalue weighted by Gasteiger charge is -2.23. The van der Waals surface area contributed by atoms with Crippen LogP contribution in [0.1, 0.15) is 42.5 Å². The van der Waals surface area contributed by atoms with Crippen molar-refractivity contribution < 1.29 is 9.59 Å². The molecule has 1 heterocycles. The monoisotopic (exact) mass is 459 g/mol. The molecule has 0 saturated heterocycles. The summed E-state index contributed by atoms with van der Waals surface area (Å²) in [7, 11) is 0. The lowest BCUT2D eigenvalue weighted by Crippen LogP contribution is -2.36. The van der Waals surface area contributed by atoms with Gasteiger partial charge in [-0.15, -0.1) is 11.3 Å². The van der Waals surface area contributed by atoms with Crippen LogP contribution >= 0.6 is 34.7 Å². The van der Waals surface area contributed by atoms with E-state index in [9.17, 15) is 9.59 Å². The van der Waals surface area contributed by atoms with E-state index in [1.165, 1.54) is 18.2 Å². The van der Waals surface area contributed by atoms with Gasteiger partial charge in [-0.1, -0.05) is 54.8 Å². The number of amides is 2. The van der Waals surface area contributed by atoms with Gasteiger partial charge in [0.15, 0.2) is 4.34 Å². The molecule has 1 saturated carbocycles. The summed E-state index contributed by atoms with van der Waals surface area (Å²) in [6.07, 6.45) is 5.51. The van der Waals surface area contributed by atoms with Crippen molar-refractivity contribution >= 4 is 62.4 Å². The molecular weight excluding hydrogens is 438 g/mol. The highest BCUT2D eigenvalue weighted by atomic mass is 35.5. The number of halogens is 1. The minimum absolute atomic E-state index is 0.153. The van der Waals surface area contributed by atoms with Crippen LogP contribution in [0.5, 0.6) is 0 Å². The lowest BCUT2D eigenvalue weighted by molar-refractivity contribution is -0.113. The van der Waals surface area contributed by atoms with Crippen molar-refractivity contribution in [1.82, 2.24) is 10.3 Å². The van der Waals surface area contributed by atoms with Crippen LogP contribution in [0.15, 0.2) is 46.8 Å². The van der Waals surface area contributed by atoms with Gasteiger partial charge in [0, 0.05) is 11.7 Å². The quantitative estimate of drug-likeness (QED) is 0.461. The predicted molar refractivity (Wildman–Crippen MR) is 125 cm³/mol. The number of hydrogen-bond acceptors (Lipinski definition) is 5.